The van der Waals surface area contributed by atoms with Crippen molar-refractivity contribution in [3.05, 3.63) is 58.4 Å². The maximum atomic E-state index is 14.8. The molecule has 0 spiro atoms. The number of pyridine rings is 1. The Hall–Kier alpha value is -3.20. The van der Waals surface area contributed by atoms with Gasteiger partial charge in [0.15, 0.2) is 0 Å². The van der Waals surface area contributed by atoms with Crippen molar-refractivity contribution in [3.8, 4) is 0 Å². The molecule has 8 nitrogen and oxygen atoms in total. The fraction of sp³-hybridized carbons (Fsp3) is 0.381. The molecule has 0 bridgehead atoms. The van der Waals surface area contributed by atoms with E-state index in [1.54, 1.807) is 21.8 Å². The fourth-order valence-electron chi connectivity index (χ4n) is 3.66. The first kappa shape index (κ1) is 20.1. The van der Waals surface area contributed by atoms with Gasteiger partial charge in [0.25, 0.3) is 5.91 Å². The number of amides is 1. The number of halogens is 1. The average Bonchev–Trinajstić information content (AvgIpc) is 3.28. The second-order valence-corrected chi connectivity index (χ2v) is 7.13. The number of anilines is 1. The van der Waals surface area contributed by atoms with Gasteiger partial charge < -0.3 is 19.5 Å². The van der Waals surface area contributed by atoms with Crippen molar-refractivity contribution in [2.24, 2.45) is 0 Å². The number of benzene rings is 1. The van der Waals surface area contributed by atoms with Crippen LogP contribution in [-0.2, 0) is 11.3 Å². The highest BCUT2D eigenvalue weighted by atomic mass is 19.1. The van der Waals surface area contributed by atoms with E-state index in [0.29, 0.717) is 57.1 Å². The van der Waals surface area contributed by atoms with Gasteiger partial charge in [-0.15, -0.1) is 0 Å². The number of fused-ring (bicyclic) bond motifs is 1. The molecule has 1 amide bonds. The minimum absolute atomic E-state index is 0.00309. The van der Waals surface area contributed by atoms with E-state index in [4.69, 9.17) is 4.74 Å². The number of hydrogen-bond acceptors (Lipinski definition) is 5. The van der Waals surface area contributed by atoms with Crippen LogP contribution in [0.25, 0.3) is 10.9 Å². The number of nitrogens with one attached hydrogen (secondary N) is 1. The van der Waals surface area contributed by atoms with Gasteiger partial charge in [-0.1, -0.05) is 0 Å². The van der Waals surface area contributed by atoms with Crippen LogP contribution in [0.4, 0.5) is 10.1 Å². The highest BCUT2D eigenvalue weighted by Gasteiger charge is 2.21. The zero-order chi connectivity index (χ0) is 21.1. The quantitative estimate of drug-likeness (QED) is 0.667. The number of rotatable bonds is 6. The van der Waals surface area contributed by atoms with E-state index < -0.39 is 11.2 Å². The third kappa shape index (κ3) is 3.93. The van der Waals surface area contributed by atoms with Crippen molar-refractivity contribution in [2.75, 3.05) is 44.3 Å². The van der Waals surface area contributed by atoms with Gasteiger partial charge in [0.2, 0.25) is 5.43 Å². The van der Waals surface area contributed by atoms with Crippen LogP contribution in [0.2, 0.25) is 0 Å². The van der Waals surface area contributed by atoms with E-state index in [1.807, 2.05) is 24.1 Å². The molecule has 1 N–H and O–H groups in total. The molecule has 1 saturated heterocycles. The SMILES string of the molecule is CCN(CCn1cccn1)C(=O)c1c[nH]c2cc(N3CCOCC3)c(F)cc2c1=O. The van der Waals surface area contributed by atoms with E-state index in [1.165, 1.54) is 12.3 Å². The summed E-state index contributed by atoms with van der Waals surface area (Å²) in [7, 11) is 0. The van der Waals surface area contributed by atoms with Crippen molar-refractivity contribution < 1.29 is 13.9 Å². The molecule has 3 aromatic rings. The molecule has 3 heterocycles. The lowest BCUT2D eigenvalue weighted by Gasteiger charge is -2.29. The Balaban J connectivity index is 1.61. The largest absolute Gasteiger partial charge is 0.378 e. The predicted octanol–water partition coefficient (Wildman–Crippen LogP) is 1.86. The fourth-order valence-corrected chi connectivity index (χ4v) is 3.66. The van der Waals surface area contributed by atoms with Crippen molar-refractivity contribution >= 4 is 22.5 Å². The van der Waals surface area contributed by atoms with E-state index >= 15 is 0 Å². The second-order valence-electron chi connectivity index (χ2n) is 7.13. The Morgan fingerprint density at radius 1 is 1.33 bits per heavy atom. The summed E-state index contributed by atoms with van der Waals surface area (Å²) < 4.78 is 21.8. The van der Waals surface area contributed by atoms with E-state index in [2.05, 4.69) is 10.1 Å². The Morgan fingerprint density at radius 2 is 2.13 bits per heavy atom. The number of likely N-dealkylation sites (N-methyl/N-ethyl adjacent to an activating group) is 1. The number of ether oxygens (including phenoxy) is 1. The Bertz CT molecular complexity index is 1090. The Labute approximate surface area is 172 Å². The lowest BCUT2D eigenvalue weighted by molar-refractivity contribution is 0.0756. The van der Waals surface area contributed by atoms with Crippen LogP contribution in [0.5, 0.6) is 0 Å². The van der Waals surface area contributed by atoms with Crippen LogP contribution >= 0.6 is 0 Å². The number of carbonyl (C=O) groups excluding carboxylic acids is 1. The maximum absolute atomic E-state index is 14.8. The smallest absolute Gasteiger partial charge is 0.259 e. The molecule has 1 aliphatic heterocycles. The molecule has 0 saturated carbocycles. The number of aromatic amines is 1. The van der Waals surface area contributed by atoms with Crippen LogP contribution in [0.1, 0.15) is 17.3 Å². The van der Waals surface area contributed by atoms with Gasteiger partial charge >= 0.3 is 0 Å². The average molecular weight is 413 g/mol. The third-order valence-corrected chi connectivity index (χ3v) is 5.36. The van der Waals surface area contributed by atoms with E-state index in [0.717, 1.165) is 0 Å². The normalized spacial score (nSPS) is 14.3. The summed E-state index contributed by atoms with van der Waals surface area (Å²) in [4.78, 5) is 32.4. The van der Waals surface area contributed by atoms with Crippen molar-refractivity contribution in [1.82, 2.24) is 19.7 Å². The third-order valence-electron chi connectivity index (χ3n) is 5.36. The molecule has 1 aliphatic rings. The molecule has 0 atom stereocenters. The molecular weight excluding hydrogens is 389 g/mol. The van der Waals surface area contributed by atoms with Gasteiger partial charge in [-0.3, -0.25) is 14.3 Å². The standard InChI is InChI=1S/C21H24FN5O3/c1-2-25(6-7-27-5-3-4-24-27)21(29)16-14-23-18-13-19(26-8-10-30-11-9-26)17(22)12-15(18)20(16)28/h3-5,12-14H,2,6-11H2,1H3,(H,23,28). The van der Waals surface area contributed by atoms with Crippen LogP contribution in [0.3, 0.4) is 0 Å². The van der Waals surface area contributed by atoms with Gasteiger partial charge in [0.1, 0.15) is 11.4 Å². The van der Waals surface area contributed by atoms with Crippen molar-refractivity contribution in [2.45, 2.75) is 13.5 Å². The number of morpholine rings is 1. The summed E-state index contributed by atoms with van der Waals surface area (Å²) in [6.07, 6.45) is 4.91. The highest BCUT2D eigenvalue weighted by Crippen LogP contribution is 2.24. The van der Waals surface area contributed by atoms with Gasteiger partial charge in [-0.05, 0) is 25.1 Å². The summed E-state index contributed by atoms with van der Waals surface area (Å²) in [6, 6.07) is 4.66. The molecule has 4 rings (SSSR count). The molecule has 30 heavy (non-hydrogen) atoms. The summed E-state index contributed by atoms with van der Waals surface area (Å²) in [5, 5.41) is 4.29. The number of aromatic nitrogens is 3. The van der Waals surface area contributed by atoms with E-state index in [-0.39, 0.29) is 16.9 Å². The first-order valence-electron chi connectivity index (χ1n) is 10.0. The summed E-state index contributed by atoms with van der Waals surface area (Å²) in [5.41, 5.74) is 0.455. The molecule has 2 aromatic heterocycles. The molecular formula is C21H24FN5O3. The first-order chi connectivity index (χ1) is 14.6. The van der Waals surface area contributed by atoms with Crippen LogP contribution < -0.4 is 10.3 Å². The molecule has 0 aliphatic carbocycles. The van der Waals surface area contributed by atoms with E-state index in [9.17, 15) is 14.0 Å². The van der Waals surface area contributed by atoms with Crippen molar-refractivity contribution in [3.63, 3.8) is 0 Å². The molecule has 1 fully saturated rings. The maximum Gasteiger partial charge on any atom is 0.259 e. The topological polar surface area (TPSA) is 83.5 Å². The highest BCUT2D eigenvalue weighted by molar-refractivity contribution is 5.97. The summed E-state index contributed by atoms with van der Waals surface area (Å²) >= 11 is 0. The van der Waals surface area contributed by atoms with Crippen LogP contribution in [0, 0.1) is 5.82 Å². The summed E-state index contributed by atoms with van der Waals surface area (Å²) in [5.74, 6) is -0.865. The van der Waals surface area contributed by atoms with Crippen LogP contribution in [-0.4, -0.2) is 65.0 Å². The van der Waals surface area contributed by atoms with Gasteiger partial charge in [-0.2, -0.15) is 5.10 Å². The predicted molar refractivity (Wildman–Crippen MR) is 111 cm³/mol. The van der Waals surface area contributed by atoms with Gasteiger partial charge in [0.05, 0.1) is 31.0 Å². The lowest BCUT2D eigenvalue weighted by atomic mass is 10.1. The number of H-pyrrole nitrogens is 1. The molecule has 0 radical (unpaired) electrons. The van der Waals surface area contributed by atoms with Gasteiger partial charge in [-0.25, -0.2) is 4.39 Å². The zero-order valence-electron chi connectivity index (χ0n) is 16.8. The number of nitrogens with zero attached hydrogens (tertiary/aromatic N) is 4. The van der Waals surface area contributed by atoms with Crippen molar-refractivity contribution in [1.29, 1.82) is 0 Å². The van der Waals surface area contributed by atoms with Crippen LogP contribution in [0.15, 0.2) is 41.6 Å². The molecule has 9 heteroatoms. The lowest BCUT2D eigenvalue weighted by Crippen LogP contribution is -2.37. The minimum atomic E-state index is -0.481. The molecule has 158 valence electrons. The monoisotopic (exact) mass is 413 g/mol. The minimum Gasteiger partial charge on any atom is -0.378 e. The number of carbonyl (C=O) groups is 1. The van der Waals surface area contributed by atoms with Gasteiger partial charge in [0, 0.05) is 50.2 Å². The zero-order valence-corrected chi connectivity index (χ0v) is 16.8. The summed E-state index contributed by atoms with van der Waals surface area (Å²) in [6.45, 7) is 5.48. The molecule has 0 unspecified atom stereocenters. The Morgan fingerprint density at radius 3 is 2.83 bits per heavy atom. The number of hydrogen-bond donors (Lipinski definition) is 1. The first-order valence-corrected chi connectivity index (χ1v) is 10.0. The molecule has 1 aromatic carbocycles. The Kier molecular flexibility index (Phi) is 5.80. The second kappa shape index (κ2) is 8.66.